The largest absolute Gasteiger partial charge is 0.321 e. The number of nitrogens with two attached hydrogens (primary N) is 1. The number of hydrogen-bond donors (Lipinski definition) is 1. The summed E-state index contributed by atoms with van der Waals surface area (Å²) in [6, 6.07) is 3.90. The van der Waals surface area contributed by atoms with Crippen LogP contribution in [-0.2, 0) is 0 Å². The fourth-order valence-corrected chi connectivity index (χ4v) is 1.76. The smallest absolute Gasteiger partial charge is 0.183 e. The Bertz CT molecular complexity index is 352. The number of halogens is 1. The molecule has 2 nitrogen and oxygen atoms in total. The molecule has 1 aromatic carbocycles. The quantitative estimate of drug-likeness (QED) is 0.617. The molecule has 0 aliphatic rings. The number of hydrogen-bond acceptors (Lipinski definition) is 3. The first-order valence-electron chi connectivity index (χ1n) is 4.20. The van der Waals surface area contributed by atoms with Crippen LogP contribution in [0.15, 0.2) is 23.1 Å². The molecule has 0 aromatic heterocycles. The minimum absolute atomic E-state index is 0.106. The Hall–Kier alpha value is -0.870. The standard InChI is InChI=1S/C10H12FNOS/c1-6(12)10(13)9-7(11)4-3-5-8(9)14-2/h3-6H,12H2,1-2H3. The normalized spacial score (nSPS) is 12.6. The summed E-state index contributed by atoms with van der Waals surface area (Å²) < 4.78 is 13.4. The fraction of sp³-hybridized carbons (Fsp3) is 0.300. The van der Waals surface area contributed by atoms with Crippen LogP contribution in [0.2, 0.25) is 0 Å². The van der Waals surface area contributed by atoms with Gasteiger partial charge in [-0.05, 0) is 25.3 Å². The van der Waals surface area contributed by atoms with Crippen molar-refractivity contribution in [2.75, 3.05) is 6.26 Å². The zero-order chi connectivity index (χ0) is 10.7. The summed E-state index contributed by atoms with van der Waals surface area (Å²) in [4.78, 5) is 12.2. The van der Waals surface area contributed by atoms with Crippen LogP contribution >= 0.6 is 11.8 Å². The van der Waals surface area contributed by atoms with Crippen molar-refractivity contribution in [3.8, 4) is 0 Å². The Labute approximate surface area is 86.7 Å². The number of thioether (sulfide) groups is 1. The molecule has 0 amide bonds. The second-order valence-electron chi connectivity index (χ2n) is 2.97. The van der Waals surface area contributed by atoms with E-state index in [2.05, 4.69) is 0 Å². The highest BCUT2D eigenvalue weighted by molar-refractivity contribution is 7.98. The lowest BCUT2D eigenvalue weighted by Gasteiger charge is -2.09. The Morgan fingerprint density at radius 1 is 1.57 bits per heavy atom. The zero-order valence-corrected chi connectivity index (χ0v) is 8.90. The van der Waals surface area contributed by atoms with Crippen LogP contribution in [0.25, 0.3) is 0 Å². The van der Waals surface area contributed by atoms with Crippen LogP contribution in [0.3, 0.4) is 0 Å². The highest BCUT2D eigenvalue weighted by Crippen LogP contribution is 2.23. The molecule has 0 saturated carbocycles. The van der Waals surface area contributed by atoms with Crippen LogP contribution < -0.4 is 5.73 Å². The van der Waals surface area contributed by atoms with Crippen LogP contribution in [0.5, 0.6) is 0 Å². The highest BCUT2D eigenvalue weighted by atomic mass is 32.2. The van der Waals surface area contributed by atoms with E-state index in [1.54, 1.807) is 25.3 Å². The first-order chi connectivity index (χ1) is 6.57. The van der Waals surface area contributed by atoms with Crippen molar-refractivity contribution in [2.45, 2.75) is 17.9 Å². The van der Waals surface area contributed by atoms with Gasteiger partial charge in [0.25, 0.3) is 0 Å². The third-order valence-electron chi connectivity index (χ3n) is 1.86. The lowest BCUT2D eigenvalue weighted by Crippen LogP contribution is -2.27. The molecule has 0 fully saturated rings. The highest BCUT2D eigenvalue weighted by Gasteiger charge is 2.18. The average Bonchev–Trinajstić information content (AvgIpc) is 2.16. The Kier molecular flexibility index (Phi) is 3.66. The molecule has 4 heteroatoms. The van der Waals surface area contributed by atoms with E-state index < -0.39 is 11.9 Å². The third kappa shape index (κ3) is 2.13. The summed E-state index contributed by atoms with van der Waals surface area (Å²) in [5.41, 5.74) is 5.54. The third-order valence-corrected chi connectivity index (χ3v) is 2.64. The first-order valence-corrected chi connectivity index (χ1v) is 5.42. The first kappa shape index (κ1) is 11.2. The van der Waals surface area contributed by atoms with Gasteiger partial charge in [0.15, 0.2) is 5.78 Å². The van der Waals surface area contributed by atoms with Crippen molar-refractivity contribution < 1.29 is 9.18 Å². The summed E-state index contributed by atoms with van der Waals surface area (Å²) in [6.07, 6.45) is 1.80. The molecule has 1 atom stereocenters. The van der Waals surface area contributed by atoms with Gasteiger partial charge < -0.3 is 5.73 Å². The Morgan fingerprint density at radius 2 is 2.21 bits per heavy atom. The Morgan fingerprint density at radius 3 is 2.71 bits per heavy atom. The van der Waals surface area contributed by atoms with Gasteiger partial charge >= 0.3 is 0 Å². The van der Waals surface area contributed by atoms with E-state index in [4.69, 9.17) is 5.73 Å². The molecular formula is C10H12FNOS. The van der Waals surface area contributed by atoms with Crippen LogP contribution in [0.1, 0.15) is 17.3 Å². The van der Waals surface area contributed by atoms with Gasteiger partial charge in [0.2, 0.25) is 0 Å². The summed E-state index contributed by atoms with van der Waals surface area (Å²) in [7, 11) is 0. The molecule has 0 spiro atoms. The van der Waals surface area contributed by atoms with Gasteiger partial charge in [-0.1, -0.05) is 6.07 Å². The van der Waals surface area contributed by atoms with E-state index in [0.717, 1.165) is 0 Å². The monoisotopic (exact) mass is 213 g/mol. The molecule has 76 valence electrons. The van der Waals surface area contributed by atoms with Crippen LogP contribution in [0.4, 0.5) is 4.39 Å². The van der Waals surface area contributed by atoms with Crippen molar-refractivity contribution in [1.82, 2.24) is 0 Å². The number of carbonyl (C=O) groups is 1. The maximum Gasteiger partial charge on any atom is 0.183 e. The minimum Gasteiger partial charge on any atom is -0.321 e. The molecule has 1 rings (SSSR count). The summed E-state index contributed by atoms with van der Waals surface area (Å²) in [6.45, 7) is 1.55. The second kappa shape index (κ2) is 4.57. The van der Waals surface area contributed by atoms with Gasteiger partial charge in [0.05, 0.1) is 11.6 Å². The second-order valence-corrected chi connectivity index (χ2v) is 3.82. The average molecular weight is 213 g/mol. The van der Waals surface area contributed by atoms with Gasteiger partial charge in [-0.3, -0.25) is 4.79 Å². The van der Waals surface area contributed by atoms with E-state index in [1.807, 2.05) is 0 Å². The van der Waals surface area contributed by atoms with E-state index in [0.29, 0.717) is 4.90 Å². The van der Waals surface area contributed by atoms with E-state index in [1.165, 1.54) is 17.8 Å². The van der Waals surface area contributed by atoms with Gasteiger partial charge in [-0.15, -0.1) is 11.8 Å². The maximum absolute atomic E-state index is 13.4. The fourth-order valence-electron chi connectivity index (χ4n) is 1.14. The molecule has 0 bridgehead atoms. The molecule has 2 N–H and O–H groups in total. The number of ketones is 1. The van der Waals surface area contributed by atoms with Crippen molar-refractivity contribution >= 4 is 17.5 Å². The molecule has 0 radical (unpaired) electrons. The summed E-state index contributed by atoms with van der Waals surface area (Å²) in [5, 5.41) is 0. The predicted molar refractivity (Wildman–Crippen MR) is 56.2 cm³/mol. The molecule has 0 aliphatic carbocycles. The van der Waals surface area contributed by atoms with Gasteiger partial charge in [-0.25, -0.2) is 4.39 Å². The topological polar surface area (TPSA) is 43.1 Å². The predicted octanol–water partition coefficient (Wildman–Crippen LogP) is 2.08. The summed E-state index contributed by atoms with van der Waals surface area (Å²) in [5.74, 6) is -0.855. The van der Waals surface area contributed by atoms with Crippen molar-refractivity contribution in [2.24, 2.45) is 5.73 Å². The van der Waals surface area contributed by atoms with Crippen molar-refractivity contribution in [1.29, 1.82) is 0 Å². The van der Waals surface area contributed by atoms with Crippen LogP contribution in [0, 0.1) is 5.82 Å². The zero-order valence-electron chi connectivity index (χ0n) is 8.08. The van der Waals surface area contributed by atoms with E-state index in [9.17, 15) is 9.18 Å². The molecular weight excluding hydrogens is 201 g/mol. The number of carbonyl (C=O) groups excluding carboxylic acids is 1. The van der Waals surface area contributed by atoms with Crippen molar-refractivity contribution in [3.05, 3.63) is 29.6 Å². The molecule has 1 unspecified atom stereocenters. The molecule has 0 heterocycles. The summed E-state index contributed by atoms with van der Waals surface area (Å²) >= 11 is 1.34. The van der Waals surface area contributed by atoms with Gasteiger partial charge in [-0.2, -0.15) is 0 Å². The molecule has 0 aliphatic heterocycles. The SMILES string of the molecule is CSc1cccc(F)c1C(=O)C(C)N. The van der Waals surface area contributed by atoms with Crippen molar-refractivity contribution in [3.63, 3.8) is 0 Å². The van der Waals surface area contributed by atoms with Gasteiger partial charge in [0, 0.05) is 4.90 Å². The molecule has 0 saturated heterocycles. The van der Waals surface area contributed by atoms with E-state index in [-0.39, 0.29) is 11.3 Å². The lowest BCUT2D eigenvalue weighted by atomic mass is 10.1. The van der Waals surface area contributed by atoms with Crippen LogP contribution in [-0.4, -0.2) is 18.1 Å². The van der Waals surface area contributed by atoms with Gasteiger partial charge in [0.1, 0.15) is 5.82 Å². The lowest BCUT2D eigenvalue weighted by molar-refractivity contribution is 0.0961. The molecule has 1 aromatic rings. The minimum atomic E-state index is -0.669. The number of benzene rings is 1. The van der Waals surface area contributed by atoms with E-state index >= 15 is 0 Å². The maximum atomic E-state index is 13.4. The Balaban J connectivity index is 3.23. The number of rotatable bonds is 3. The molecule has 14 heavy (non-hydrogen) atoms. The number of Topliss-reactive ketones (excluding diaryl/α,β-unsaturated/α-hetero) is 1.